The Balaban J connectivity index is 2.28. The molecule has 1 aliphatic heterocycles. The maximum atomic E-state index is 8.61. The zero-order chi connectivity index (χ0) is 6.74. The van der Waals surface area contributed by atoms with Crippen LogP contribution in [0.25, 0.3) is 0 Å². The van der Waals surface area contributed by atoms with Crippen LogP contribution in [0, 0.1) is 0 Å². The van der Waals surface area contributed by atoms with E-state index in [2.05, 4.69) is 0 Å². The van der Waals surface area contributed by atoms with Crippen LogP contribution in [0.15, 0.2) is 0 Å². The van der Waals surface area contributed by atoms with Crippen molar-refractivity contribution in [1.29, 1.82) is 0 Å². The summed E-state index contributed by atoms with van der Waals surface area (Å²) >= 11 is 1.87. The molecule has 0 bridgehead atoms. The van der Waals surface area contributed by atoms with Gasteiger partial charge in [0, 0.05) is 31.6 Å². The van der Waals surface area contributed by atoms with Gasteiger partial charge in [0.1, 0.15) is 0 Å². The summed E-state index contributed by atoms with van der Waals surface area (Å²) in [6.07, 6.45) is 0.788. The molecule has 0 amide bonds. The molecule has 0 spiro atoms. The molecule has 3 heteroatoms. The topological polar surface area (TPSA) is 29.5 Å². The molecule has 0 unspecified atom stereocenters. The van der Waals surface area contributed by atoms with Gasteiger partial charge in [0.2, 0.25) is 0 Å². The zero-order valence-corrected chi connectivity index (χ0v) is 6.41. The third-order valence-corrected chi connectivity index (χ3v) is 3.19. The van der Waals surface area contributed by atoms with Gasteiger partial charge in [-0.15, -0.1) is 0 Å². The largest absolute Gasteiger partial charge is 0.396 e. The predicted octanol–water partition coefficient (Wildman–Crippen LogP) is 0.501. The standard InChI is InChI=1S/C6H12O2S/c1-8-6(2-3-7)4-9-5-6/h7H,2-5H2,1H3. The SMILES string of the molecule is COC1(CCO)CSC1. The van der Waals surface area contributed by atoms with E-state index in [0.29, 0.717) is 0 Å². The summed E-state index contributed by atoms with van der Waals surface area (Å²) in [4.78, 5) is 0. The van der Waals surface area contributed by atoms with Crippen molar-refractivity contribution in [2.45, 2.75) is 12.0 Å². The van der Waals surface area contributed by atoms with Crippen LogP contribution in [-0.2, 0) is 4.74 Å². The average molecular weight is 148 g/mol. The molecule has 0 saturated carbocycles. The first-order chi connectivity index (χ1) is 4.33. The van der Waals surface area contributed by atoms with E-state index in [1.807, 2.05) is 11.8 Å². The van der Waals surface area contributed by atoms with Gasteiger partial charge < -0.3 is 9.84 Å². The van der Waals surface area contributed by atoms with Crippen LogP contribution >= 0.6 is 11.8 Å². The highest BCUT2D eigenvalue weighted by Gasteiger charge is 2.36. The molecule has 1 heterocycles. The molecule has 1 fully saturated rings. The van der Waals surface area contributed by atoms with Gasteiger partial charge in [-0.3, -0.25) is 0 Å². The highest BCUT2D eigenvalue weighted by Crippen LogP contribution is 2.34. The molecule has 0 atom stereocenters. The van der Waals surface area contributed by atoms with Gasteiger partial charge in [-0.1, -0.05) is 0 Å². The summed E-state index contributed by atoms with van der Waals surface area (Å²) in [5.41, 5.74) is 0.0272. The summed E-state index contributed by atoms with van der Waals surface area (Å²) in [6, 6.07) is 0. The summed E-state index contributed by atoms with van der Waals surface area (Å²) in [5, 5.41) is 8.61. The molecular weight excluding hydrogens is 136 g/mol. The van der Waals surface area contributed by atoms with Gasteiger partial charge in [0.05, 0.1) is 5.60 Å². The molecular formula is C6H12O2S. The van der Waals surface area contributed by atoms with E-state index in [-0.39, 0.29) is 12.2 Å². The highest BCUT2D eigenvalue weighted by atomic mass is 32.2. The lowest BCUT2D eigenvalue weighted by molar-refractivity contribution is 0.00184. The Kier molecular flexibility index (Phi) is 2.38. The second-order valence-corrected chi connectivity index (χ2v) is 3.34. The lowest BCUT2D eigenvalue weighted by atomic mass is 10.0. The van der Waals surface area contributed by atoms with E-state index < -0.39 is 0 Å². The minimum absolute atomic E-state index is 0.0272. The highest BCUT2D eigenvalue weighted by molar-refractivity contribution is 8.00. The number of rotatable bonds is 3. The Morgan fingerprint density at radius 1 is 1.67 bits per heavy atom. The molecule has 1 aliphatic rings. The van der Waals surface area contributed by atoms with Crippen LogP contribution in [0.4, 0.5) is 0 Å². The van der Waals surface area contributed by atoms with Crippen molar-refractivity contribution >= 4 is 11.8 Å². The first kappa shape index (κ1) is 7.38. The molecule has 0 aromatic rings. The van der Waals surface area contributed by atoms with E-state index in [9.17, 15) is 0 Å². The first-order valence-corrected chi connectivity index (χ1v) is 4.22. The third-order valence-electron chi connectivity index (χ3n) is 1.73. The van der Waals surface area contributed by atoms with Crippen molar-refractivity contribution in [2.75, 3.05) is 25.2 Å². The van der Waals surface area contributed by atoms with E-state index in [1.54, 1.807) is 7.11 Å². The van der Waals surface area contributed by atoms with Crippen LogP contribution < -0.4 is 0 Å². The van der Waals surface area contributed by atoms with Gasteiger partial charge in [-0.05, 0) is 0 Å². The fourth-order valence-electron chi connectivity index (χ4n) is 0.898. The van der Waals surface area contributed by atoms with Gasteiger partial charge in [-0.2, -0.15) is 11.8 Å². The number of hydrogen-bond donors (Lipinski definition) is 1. The summed E-state index contributed by atoms with van der Waals surface area (Å²) in [5.74, 6) is 2.09. The number of aliphatic hydroxyl groups excluding tert-OH is 1. The van der Waals surface area contributed by atoms with E-state index in [0.717, 1.165) is 17.9 Å². The van der Waals surface area contributed by atoms with Crippen molar-refractivity contribution in [3.05, 3.63) is 0 Å². The van der Waals surface area contributed by atoms with Crippen molar-refractivity contribution in [3.8, 4) is 0 Å². The Morgan fingerprint density at radius 3 is 2.44 bits per heavy atom. The molecule has 2 nitrogen and oxygen atoms in total. The van der Waals surface area contributed by atoms with Crippen LogP contribution in [0.1, 0.15) is 6.42 Å². The maximum Gasteiger partial charge on any atom is 0.0880 e. The fraction of sp³-hybridized carbons (Fsp3) is 1.00. The average Bonchev–Trinajstić information content (AvgIpc) is 1.79. The molecule has 0 aliphatic carbocycles. The Hall–Kier alpha value is 0.270. The van der Waals surface area contributed by atoms with Crippen LogP contribution in [0.3, 0.4) is 0 Å². The van der Waals surface area contributed by atoms with Gasteiger partial charge in [0.25, 0.3) is 0 Å². The number of methoxy groups -OCH3 is 1. The molecule has 0 aromatic carbocycles. The van der Waals surface area contributed by atoms with E-state index in [4.69, 9.17) is 9.84 Å². The van der Waals surface area contributed by atoms with Gasteiger partial charge in [-0.25, -0.2) is 0 Å². The van der Waals surface area contributed by atoms with Crippen LogP contribution in [0.5, 0.6) is 0 Å². The Bertz CT molecular complexity index is 85.5. The van der Waals surface area contributed by atoms with Gasteiger partial charge in [0.15, 0.2) is 0 Å². The Morgan fingerprint density at radius 2 is 2.33 bits per heavy atom. The monoisotopic (exact) mass is 148 g/mol. The fourth-order valence-corrected chi connectivity index (χ4v) is 2.08. The van der Waals surface area contributed by atoms with Crippen LogP contribution in [0.2, 0.25) is 0 Å². The molecule has 9 heavy (non-hydrogen) atoms. The van der Waals surface area contributed by atoms with E-state index >= 15 is 0 Å². The number of aliphatic hydroxyl groups is 1. The van der Waals surface area contributed by atoms with E-state index in [1.165, 1.54) is 0 Å². The minimum atomic E-state index is 0.0272. The van der Waals surface area contributed by atoms with Crippen molar-refractivity contribution in [1.82, 2.24) is 0 Å². The smallest absolute Gasteiger partial charge is 0.0880 e. The zero-order valence-electron chi connectivity index (χ0n) is 5.59. The predicted molar refractivity (Wildman–Crippen MR) is 38.8 cm³/mol. The van der Waals surface area contributed by atoms with Crippen molar-refractivity contribution < 1.29 is 9.84 Å². The second-order valence-electron chi connectivity index (χ2n) is 2.35. The van der Waals surface area contributed by atoms with Crippen LogP contribution in [-0.4, -0.2) is 35.9 Å². The molecule has 54 valence electrons. The Labute approximate surface area is 59.6 Å². The normalized spacial score (nSPS) is 23.3. The molecule has 1 N–H and O–H groups in total. The molecule has 0 radical (unpaired) electrons. The second kappa shape index (κ2) is 2.90. The summed E-state index contributed by atoms with van der Waals surface area (Å²) < 4.78 is 5.23. The first-order valence-electron chi connectivity index (χ1n) is 3.07. The number of thioether (sulfide) groups is 1. The minimum Gasteiger partial charge on any atom is -0.396 e. The summed E-state index contributed by atoms with van der Waals surface area (Å²) in [6.45, 7) is 0.244. The van der Waals surface area contributed by atoms with Crippen molar-refractivity contribution in [2.24, 2.45) is 0 Å². The van der Waals surface area contributed by atoms with Crippen molar-refractivity contribution in [3.63, 3.8) is 0 Å². The number of hydrogen-bond acceptors (Lipinski definition) is 3. The van der Waals surface area contributed by atoms with Gasteiger partial charge >= 0.3 is 0 Å². The molecule has 1 saturated heterocycles. The maximum absolute atomic E-state index is 8.61. The summed E-state index contributed by atoms with van der Waals surface area (Å²) in [7, 11) is 1.72. The lowest BCUT2D eigenvalue weighted by Crippen LogP contribution is -2.45. The molecule has 0 aromatic heterocycles. The molecule has 1 rings (SSSR count). The quantitative estimate of drug-likeness (QED) is 0.632. The number of ether oxygens (including phenoxy) is 1. The third kappa shape index (κ3) is 1.39. The lowest BCUT2D eigenvalue weighted by Gasteiger charge is -2.39.